The predicted molar refractivity (Wildman–Crippen MR) is 190 cm³/mol. The molecule has 0 atom stereocenters. The number of hydrogen-bond donors (Lipinski definition) is 0. The third kappa shape index (κ3) is 4.24. The van der Waals surface area contributed by atoms with Crippen LogP contribution in [0, 0.1) is 0 Å². The zero-order chi connectivity index (χ0) is 37.6. The highest BCUT2D eigenvalue weighted by Gasteiger charge is 2.19. The standard InChI is InChI=1S/C44H28O/c1-3-12-29(13-4-1)31-16-11-17-33(26-31)44-37-20-8-7-19-36(37)43(38-24-22-32(27-40(38)44)30-14-5-2-6-15-30)34-23-25-42-39(28-34)35-18-9-10-21-41(35)45-42/h1-28H/i1D,3D,4D,11D,12D,13D,16D,17D,26D. The topological polar surface area (TPSA) is 13.1 Å². The SMILES string of the molecule is [2H]c1c([2H])c([2H])c(-c2c([2H])c([2H])c([2H])c(-c3c4ccccc4c(-c4ccc5oc6ccccc6c5c4)c4ccc(-c5ccccc5)cc34)c2[2H])c([2H])c1[2H]. The van der Waals surface area contributed by atoms with Crippen molar-refractivity contribution in [3.05, 3.63) is 170 Å². The Kier molecular flexibility index (Phi) is 4.15. The van der Waals surface area contributed by atoms with Crippen molar-refractivity contribution in [1.29, 1.82) is 0 Å². The molecule has 1 aromatic heterocycles. The minimum atomic E-state index is -0.608. The van der Waals surface area contributed by atoms with Crippen LogP contribution in [-0.4, -0.2) is 0 Å². The van der Waals surface area contributed by atoms with Gasteiger partial charge in [0.25, 0.3) is 0 Å². The maximum Gasteiger partial charge on any atom is 0.135 e. The van der Waals surface area contributed by atoms with Crippen molar-refractivity contribution in [2.24, 2.45) is 0 Å². The second-order valence-corrected chi connectivity index (χ2v) is 11.0. The molecule has 9 aromatic rings. The Labute approximate surface area is 274 Å². The summed E-state index contributed by atoms with van der Waals surface area (Å²) >= 11 is 0. The van der Waals surface area contributed by atoms with E-state index in [1.54, 1.807) is 0 Å². The lowest BCUT2D eigenvalue weighted by molar-refractivity contribution is 0.669. The van der Waals surface area contributed by atoms with Crippen LogP contribution in [0.5, 0.6) is 0 Å². The molecule has 0 aliphatic rings. The molecule has 0 N–H and O–H groups in total. The van der Waals surface area contributed by atoms with Crippen molar-refractivity contribution < 1.29 is 16.8 Å². The first-order valence-corrected chi connectivity index (χ1v) is 14.7. The van der Waals surface area contributed by atoms with E-state index < -0.39 is 42.3 Å². The summed E-state index contributed by atoms with van der Waals surface area (Å²) in [6.07, 6.45) is 0. The van der Waals surface area contributed by atoms with Crippen molar-refractivity contribution in [3.8, 4) is 44.5 Å². The summed E-state index contributed by atoms with van der Waals surface area (Å²) in [5.41, 5.74) is 5.10. The third-order valence-corrected chi connectivity index (χ3v) is 8.42. The van der Waals surface area contributed by atoms with E-state index in [0.29, 0.717) is 16.3 Å². The molecule has 0 radical (unpaired) electrons. The Morgan fingerprint density at radius 1 is 0.356 bits per heavy atom. The van der Waals surface area contributed by atoms with Gasteiger partial charge in [-0.3, -0.25) is 0 Å². The molecule has 0 fully saturated rings. The van der Waals surface area contributed by atoms with Gasteiger partial charge < -0.3 is 4.42 Å². The molecule has 1 heteroatoms. The molecule has 0 saturated carbocycles. The summed E-state index contributed by atoms with van der Waals surface area (Å²) in [4.78, 5) is 0. The first-order valence-electron chi connectivity index (χ1n) is 19.2. The normalized spacial score (nSPS) is 14.4. The monoisotopic (exact) mass is 581 g/mol. The van der Waals surface area contributed by atoms with E-state index in [-0.39, 0.29) is 28.8 Å². The van der Waals surface area contributed by atoms with E-state index in [2.05, 4.69) is 6.07 Å². The second-order valence-electron chi connectivity index (χ2n) is 11.0. The van der Waals surface area contributed by atoms with Crippen molar-refractivity contribution in [3.63, 3.8) is 0 Å². The zero-order valence-electron chi connectivity index (χ0n) is 32.9. The van der Waals surface area contributed by atoms with E-state index >= 15 is 0 Å². The smallest absolute Gasteiger partial charge is 0.135 e. The molecule has 0 unspecified atom stereocenters. The Morgan fingerprint density at radius 3 is 1.78 bits per heavy atom. The Bertz CT molecular complexity index is 3010. The molecule has 9 rings (SSSR count). The third-order valence-electron chi connectivity index (χ3n) is 8.42. The number of benzene rings is 8. The van der Waals surface area contributed by atoms with Gasteiger partial charge in [0.2, 0.25) is 0 Å². The maximum absolute atomic E-state index is 9.65. The van der Waals surface area contributed by atoms with Crippen LogP contribution in [0.4, 0.5) is 0 Å². The highest BCUT2D eigenvalue weighted by Crippen LogP contribution is 2.46. The average molecular weight is 582 g/mol. The zero-order valence-corrected chi connectivity index (χ0v) is 23.9. The van der Waals surface area contributed by atoms with Crippen LogP contribution in [0.3, 0.4) is 0 Å². The Balaban J connectivity index is 1.45. The molecule has 0 bridgehead atoms. The quantitative estimate of drug-likeness (QED) is 0.188. The molecular weight excluding hydrogens is 544 g/mol. The fourth-order valence-corrected chi connectivity index (χ4v) is 6.42. The van der Waals surface area contributed by atoms with E-state index in [0.717, 1.165) is 55.0 Å². The van der Waals surface area contributed by atoms with Gasteiger partial charge in [-0.1, -0.05) is 139 Å². The molecule has 1 nitrogen and oxygen atoms in total. The number of fused-ring (bicyclic) bond motifs is 5. The van der Waals surface area contributed by atoms with Gasteiger partial charge in [-0.2, -0.15) is 0 Å². The molecule has 0 spiro atoms. The predicted octanol–water partition coefficient (Wildman–Crippen LogP) is 12.6. The van der Waals surface area contributed by atoms with Crippen LogP contribution in [0.15, 0.2) is 174 Å². The molecule has 1 heterocycles. The lowest BCUT2D eigenvalue weighted by Gasteiger charge is -2.19. The average Bonchev–Trinajstić information content (AvgIpc) is 3.57. The Morgan fingerprint density at radius 2 is 0.956 bits per heavy atom. The van der Waals surface area contributed by atoms with Gasteiger partial charge in [-0.25, -0.2) is 0 Å². The molecule has 0 aliphatic carbocycles. The maximum atomic E-state index is 9.65. The fourth-order valence-electron chi connectivity index (χ4n) is 6.42. The first-order chi connectivity index (χ1) is 26.1. The molecule has 210 valence electrons. The lowest BCUT2D eigenvalue weighted by atomic mass is 9.84. The van der Waals surface area contributed by atoms with Crippen molar-refractivity contribution in [2.75, 3.05) is 0 Å². The van der Waals surface area contributed by atoms with Crippen LogP contribution < -0.4 is 0 Å². The summed E-state index contributed by atoms with van der Waals surface area (Å²) in [5, 5.41) is 4.97. The summed E-state index contributed by atoms with van der Waals surface area (Å²) in [6, 6.07) is 32.9. The second kappa shape index (κ2) is 10.4. The Hall–Kier alpha value is -5.92. The molecular formula is C44H28O. The molecule has 8 aromatic carbocycles. The van der Waals surface area contributed by atoms with E-state index in [9.17, 15) is 2.74 Å². The van der Waals surface area contributed by atoms with Crippen molar-refractivity contribution >= 4 is 43.5 Å². The van der Waals surface area contributed by atoms with Crippen molar-refractivity contribution in [2.45, 2.75) is 0 Å². The first kappa shape index (κ1) is 18.0. The number of para-hydroxylation sites is 1. The van der Waals surface area contributed by atoms with Gasteiger partial charge in [0.05, 0.1) is 12.3 Å². The van der Waals surface area contributed by atoms with Gasteiger partial charge in [-0.15, -0.1) is 0 Å². The van der Waals surface area contributed by atoms with Gasteiger partial charge >= 0.3 is 0 Å². The molecule has 0 amide bonds. The van der Waals surface area contributed by atoms with Crippen LogP contribution >= 0.6 is 0 Å². The summed E-state index contributed by atoms with van der Waals surface area (Å²) in [6.45, 7) is 0. The van der Waals surface area contributed by atoms with Gasteiger partial charge in [0.15, 0.2) is 0 Å². The van der Waals surface area contributed by atoms with Gasteiger partial charge in [0, 0.05) is 10.8 Å². The number of furan rings is 1. The lowest BCUT2D eigenvalue weighted by Crippen LogP contribution is -1.92. The van der Waals surface area contributed by atoms with Crippen LogP contribution in [0.25, 0.3) is 88.0 Å². The van der Waals surface area contributed by atoms with Crippen LogP contribution in [-0.2, 0) is 0 Å². The van der Waals surface area contributed by atoms with Crippen LogP contribution in [0.2, 0.25) is 0 Å². The molecule has 0 saturated heterocycles. The molecule has 45 heavy (non-hydrogen) atoms. The molecule has 0 aliphatic heterocycles. The van der Waals surface area contributed by atoms with Gasteiger partial charge in [-0.05, 0) is 96.4 Å². The highest BCUT2D eigenvalue weighted by atomic mass is 16.3. The van der Waals surface area contributed by atoms with E-state index in [1.807, 2.05) is 109 Å². The highest BCUT2D eigenvalue weighted by molar-refractivity contribution is 6.22. The minimum Gasteiger partial charge on any atom is -0.456 e. The summed E-state index contributed by atoms with van der Waals surface area (Å²) in [5.74, 6) is 0. The van der Waals surface area contributed by atoms with Gasteiger partial charge in [0.1, 0.15) is 11.2 Å². The number of hydrogen-bond acceptors (Lipinski definition) is 1. The van der Waals surface area contributed by atoms with E-state index in [1.165, 1.54) is 0 Å². The summed E-state index contributed by atoms with van der Waals surface area (Å²) in [7, 11) is 0. The largest absolute Gasteiger partial charge is 0.456 e. The van der Waals surface area contributed by atoms with E-state index in [4.69, 9.17) is 14.0 Å². The minimum absolute atomic E-state index is 0.0343. The van der Waals surface area contributed by atoms with Crippen molar-refractivity contribution in [1.82, 2.24) is 0 Å². The summed E-state index contributed by atoms with van der Waals surface area (Å²) < 4.78 is 85.2. The fraction of sp³-hybridized carbons (Fsp3) is 0. The number of rotatable bonds is 4. The van der Waals surface area contributed by atoms with Crippen LogP contribution in [0.1, 0.15) is 12.3 Å².